The molecular weight excluding hydrogens is 464 g/mol. The van der Waals surface area contributed by atoms with Gasteiger partial charge in [0, 0.05) is 23.3 Å². The molecule has 5 aliphatic rings. The summed E-state index contributed by atoms with van der Waals surface area (Å²) in [5.41, 5.74) is -3.15. The molecular formula is C23H32N2O10. The molecule has 4 saturated carbocycles. The van der Waals surface area contributed by atoms with E-state index in [1.54, 1.807) is 0 Å². The standard InChI is InChI=1S/C23H32N2O10/c1-20-6-3-17-18(23(20,28)9-5-16(20)14-10-19(26)33-12-14)4-8-22(27)11-15(35-25(31)32)2-7-21(17,22)13-34-24(29)30/h10,15-18,27-28H,2-9,11-13H2,1H3. The molecule has 0 amide bonds. The van der Waals surface area contributed by atoms with Crippen LogP contribution in [0.4, 0.5) is 0 Å². The molecule has 0 aromatic heterocycles. The van der Waals surface area contributed by atoms with Gasteiger partial charge in [0.05, 0.1) is 11.2 Å². The van der Waals surface area contributed by atoms with Gasteiger partial charge in [-0.2, -0.15) is 0 Å². The average Bonchev–Trinajstić information content (AvgIpc) is 3.31. The van der Waals surface area contributed by atoms with Crippen LogP contribution in [-0.2, 0) is 19.2 Å². The number of cyclic esters (lactones) is 1. The van der Waals surface area contributed by atoms with Crippen molar-refractivity contribution in [1.82, 2.24) is 0 Å². The molecule has 194 valence electrons. The van der Waals surface area contributed by atoms with Crippen molar-refractivity contribution < 1.29 is 39.6 Å². The van der Waals surface area contributed by atoms with Gasteiger partial charge in [0.15, 0.2) is 0 Å². The molecule has 4 fully saturated rings. The molecule has 0 aromatic rings. The zero-order valence-corrected chi connectivity index (χ0v) is 19.7. The van der Waals surface area contributed by atoms with Crippen molar-refractivity contribution in [2.24, 2.45) is 28.6 Å². The Morgan fingerprint density at radius 2 is 1.80 bits per heavy atom. The lowest BCUT2D eigenvalue weighted by Crippen LogP contribution is -2.69. The number of carbonyl (C=O) groups excluding carboxylic acids is 1. The summed E-state index contributed by atoms with van der Waals surface area (Å²) in [6.45, 7) is 1.97. The summed E-state index contributed by atoms with van der Waals surface area (Å²) in [4.78, 5) is 43.5. The minimum Gasteiger partial charge on any atom is -0.458 e. The monoisotopic (exact) mass is 496 g/mol. The zero-order valence-electron chi connectivity index (χ0n) is 19.7. The lowest BCUT2D eigenvalue weighted by atomic mass is 9.41. The zero-order chi connectivity index (χ0) is 25.2. The number of fused-ring (bicyclic) bond motifs is 5. The maximum atomic E-state index is 12.3. The minimum atomic E-state index is -1.44. The van der Waals surface area contributed by atoms with Gasteiger partial charge in [-0.05, 0) is 74.7 Å². The minimum absolute atomic E-state index is 0.00378. The van der Waals surface area contributed by atoms with E-state index >= 15 is 0 Å². The molecule has 4 aliphatic carbocycles. The maximum absolute atomic E-state index is 12.3. The van der Waals surface area contributed by atoms with Crippen LogP contribution < -0.4 is 0 Å². The summed E-state index contributed by atoms with van der Waals surface area (Å²) in [5.74, 6) is -0.852. The number of aliphatic hydroxyl groups is 2. The Labute approximate surface area is 201 Å². The molecule has 1 aliphatic heterocycles. The first-order valence-electron chi connectivity index (χ1n) is 12.3. The molecule has 0 bridgehead atoms. The van der Waals surface area contributed by atoms with E-state index in [0.717, 1.165) is 5.57 Å². The predicted molar refractivity (Wildman–Crippen MR) is 116 cm³/mol. The van der Waals surface area contributed by atoms with Crippen LogP contribution >= 0.6 is 0 Å². The first kappa shape index (κ1) is 24.2. The Morgan fingerprint density at radius 3 is 2.46 bits per heavy atom. The van der Waals surface area contributed by atoms with Gasteiger partial charge in [-0.3, -0.25) is 0 Å². The largest absolute Gasteiger partial charge is 0.458 e. The van der Waals surface area contributed by atoms with Crippen LogP contribution in [0.15, 0.2) is 11.6 Å². The number of rotatable bonds is 6. The van der Waals surface area contributed by atoms with Crippen LogP contribution in [0.5, 0.6) is 0 Å². The molecule has 8 unspecified atom stereocenters. The molecule has 12 heteroatoms. The van der Waals surface area contributed by atoms with E-state index in [9.17, 15) is 35.2 Å². The number of hydrogen-bond acceptors (Lipinski definition) is 10. The van der Waals surface area contributed by atoms with E-state index in [4.69, 9.17) is 14.4 Å². The fourth-order valence-corrected chi connectivity index (χ4v) is 8.85. The highest BCUT2D eigenvalue weighted by molar-refractivity contribution is 5.85. The molecule has 35 heavy (non-hydrogen) atoms. The summed E-state index contributed by atoms with van der Waals surface area (Å²) >= 11 is 0. The van der Waals surface area contributed by atoms with Gasteiger partial charge in [0.1, 0.15) is 19.3 Å². The molecule has 5 rings (SSSR count). The summed E-state index contributed by atoms with van der Waals surface area (Å²) in [5, 5.41) is 44.5. The second kappa shape index (κ2) is 8.02. The van der Waals surface area contributed by atoms with Gasteiger partial charge in [0.25, 0.3) is 10.2 Å². The maximum Gasteiger partial charge on any atom is 0.331 e. The van der Waals surface area contributed by atoms with Crippen molar-refractivity contribution in [3.05, 3.63) is 31.9 Å². The Bertz CT molecular complexity index is 972. The van der Waals surface area contributed by atoms with E-state index in [2.05, 4.69) is 6.92 Å². The van der Waals surface area contributed by atoms with E-state index in [0.29, 0.717) is 32.1 Å². The highest BCUT2D eigenvalue weighted by Gasteiger charge is 2.71. The van der Waals surface area contributed by atoms with Crippen LogP contribution in [0.1, 0.15) is 64.7 Å². The second-order valence-electron chi connectivity index (χ2n) is 11.4. The van der Waals surface area contributed by atoms with Gasteiger partial charge in [-0.15, -0.1) is 20.2 Å². The lowest BCUT2D eigenvalue weighted by molar-refractivity contribution is -0.772. The summed E-state index contributed by atoms with van der Waals surface area (Å²) in [6, 6.07) is 0. The Hall–Kier alpha value is -2.47. The molecule has 0 saturated heterocycles. The third-order valence-electron chi connectivity index (χ3n) is 10.4. The predicted octanol–water partition coefficient (Wildman–Crippen LogP) is 2.12. The summed E-state index contributed by atoms with van der Waals surface area (Å²) in [6.07, 6.45) is 4.45. The Morgan fingerprint density at radius 1 is 1.06 bits per heavy atom. The van der Waals surface area contributed by atoms with Crippen molar-refractivity contribution in [3.8, 4) is 0 Å². The van der Waals surface area contributed by atoms with Crippen LogP contribution in [0, 0.1) is 48.8 Å². The van der Waals surface area contributed by atoms with E-state index in [1.165, 1.54) is 6.08 Å². The molecule has 0 spiro atoms. The quantitative estimate of drug-likeness (QED) is 0.315. The van der Waals surface area contributed by atoms with Crippen LogP contribution in [0.2, 0.25) is 0 Å². The van der Waals surface area contributed by atoms with Crippen molar-refractivity contribution in [2.45, 2.75) is 82.0 Å². The van der Waals surface area contributed by atoms with Crippen molar-refractivity contribution in [2.75, 3.05) is 13.2 Å². The van der Waals surface area contributed by atoms with Gasteiger partial charge in [0.2, 0.25) is 0 Å². The van der Waals surface area contributed by atoms with E-state index in [-0.39, 0.29) is 62.6 Å². The smallest absolute Gasteiger partial charge is 0.331 e. The van der Waals surface area contributed by atoms with Gasteiger partial charge < -0.3 is 24.6 Å². The lowest BCUT2D eigenvalue weighted by Gasteiger charge is -2.66. The van der Waals surface area contributed by atoms with Gasteiger partial charge >= 0.3 is 5.97 Å². The normalized spacial score (nSPS) is 46.5. The topological polar surface area (TPSA) is 171 Å². The van der Waals surface area contributed by atoms with Gasteiger partial charge in [-0.25, -0.2) is 4.79 Å². The Kier molecular flexibility index (Phi) is 5.55. The van der Waals surface area contributed by atoms with Crippen molar-refractivity contribution in [3.63, 3.8) is 0 Å². The SMILES string of the molecule is CC12CCC3C(CCC4(O)CC(O[N+](=O)[O-])CCC34CO[N+](=O)[O-])C1(O)CCC2C1=CC(=O)OC1. The number of ether oxygens (including phenoxy) is 1. The van der Waals surface area contributed by atoms with Crippen molar-refractivity contribution >= 4 is 5.97 Å². The number of carbonyl (C=O) groups is 1. The Balaban J connectivity index is 1.48. The van der Waals surface area contributed by atoms with Gasteiger partial charge in [-0.1, -0.05) is 6.92 Å². The number of hydrogen-bond donors (Lipinski definition) is 2. The molecule has 2 N–H and O–H groups in total. The highest BCUT2D eigenvalue weighted by Crippen LogP contribution is 2.70. The third kappa shape index (κ3) is 3.43. The van der Waals surface area contributed by atoms with E-state index in [1.807, 2.05) is 0 Å². The van der Waals surface area contributed by atoms with Crippen LogP contribution in [0.25, 0.3) is 0 Å². The fourth-order valence-electron chi connectivity index (χ4n) is 8.85. The number of nitrogens with zero attached hydrogens (tertiary/aromatic N) is 2. The van der Waals surface area contributed by atoms with E-state index < -0.39 is 38.3 Å². The summed E-state index contributed by atoms with van der Waals surface area (Å²) in [7, 11) is 0. The molecule has 1 heterocycles. The first-order chi connectivity index (χ1) is 16.4. The van der Waals surface area contributed by atoms with Crippen LogP contribution in [-0.4, -0.2) is 56.9 Å². The molecule has 8 atom stereocenters. The molecule has 12 nitrogen and oxygen atoms in total. The fraction of sp³-hybridized carbons (Fsp3) is 0.870. The van der Waals surface area contributed by atoms with Crippen molar-refractivity contribution in [1.29, 1.82) is 0 Å². The highest BCUT2D eigenvalue weighted by atomic mass is 17.0. The average molecular weight is 497 g/mol. The summed E-state index contributed by atoms with van der Waals surface area (Å²) < 4.78 is 5.15. The third-order valence-corrected chi connectivity index (χ3v) is 10.4. The number of esters is 1. The second-order valence-corrected chi connectivity index (χ2v) is 11.4. The molecule has 0 radical (unpaired) electrons. The first-order valence-corrected chi connectivity index (χ1v) is 12.3. The van der Waals surface area contributed by atoms with Crippen LogP contribution in [0.3, 0.4) is 0 Å². The molecule has 0 aromatic carbocycles.